The van der Waals surface area contributed by atoms with Crippen molar-refractivity contribution in [3.05, 3.63) is 0 Å². The maximum atomic E-state index is 8.87. The first kappa shape index (κ1) is 9.81. The van der Waals surface area contributed by atoms with E-state index in [2.05, 4.69) is 0 Å². The summed E-state index contributed by atoms with van der Waals surface area (Å²) in [5.41, 5.74) is 0. The van der Waals surface area contributed by atoms with Gasteiger partial charge in [-0.25, -0.2) is 0 Å². The molecule has 6 heavy (non-hydrogen) atoms. The second kappa shape index (κ2) is 2.75. The van der Waals surface area contributed by atoms with E-state index in [0.29, 0.717) is 0 Å². The van der Waals surface area contributed by atoms with Gasteiger partial charge in [0.1, 0.15) is 0 Å². The molecule has 0 aromatic carbocycles. The molecular weight excluding hydrogens is 279 g/mol. The molecule has 0 amide bonds. The monoisotopic (exact) mass is 281 g/mol. The molecule has 0 fully saturated rings. The summed E-state index contributed by atoms with van der Waals surface area (Å²) in [6, 6.07) is 0. The third-order valence-electron chi connectivity index (χ3n) is 0. The molecule has 0 spiro atoms. The summed E-state index contributed by atoms with van der Waals surface area (Å²) in [4.78, 5) is 0. The summed E-state index contributed by atoms with van der Waals surface area (Å²) in [5, 5.41) is 0. The Hall–Kier alpha value is 0.638. The first-order valence-corrected chi connectivity index (χ1v) is 5.72. The Morgan fingerprint density at radius 1 is 1.17 bits per heavy atom. The molecule has 0 rings (SSSR count). The second-order valence-electron chi connectivity index (χ2n) is 0.448. The summed E-state index contributed by atoms with van der Waals surface area (Å²) in [5.74, 6) is 0. The Morgan fingerprint density at radius 3 is 1.17 bits per heavy atom. The topological polar surface area (TPSA) is 74.6 Å². The molecule has 0 aliphatic heterocycles. The standard InChI is InChI=1S/2H2O.2O.P.W/h2*1H2;;;;/q;;;;;+2/p-2. The molecule has 0 bridgehead atoms. The molecule has 0 aromatic heterocycles. The molecule has 0 saturated heterocycles. The Balaban J connectivity index is 0. The maximum absolute atomic E-state index is 8.87. The van der Waals surface area contributed by atoms with E-state index in [1.165, 1.54) is 0 Å². The van der Waals surface area contributed by atoms with Gasteiger partial charge in [0, 0.05) is 9.90 Å². The number of hydrogen-bond acceptors (Lipinski definition) is 2. The molecule has 0 unspecified atom stereocenters. The first-order chi connectivity index (χ1) is 2.00. The average molecular weight is 281 g/mol. The number of rotatable bonds is 0. The molecule has 4 nitrogen and oxygen atoms in total. The summed E-state index contributed by atoms with van der Waals surface area (Å²) < 4.78 is 32.1. The Morgan fingerprint density at radius 2 is 1.17 bits per heavy atom. The van der Waals surface area contributed by atoms with Gasteiger partial charge >= 0.3 is 31.1 Å². The van der Waals surface area contributed by atoms with Crippen LogP contribution >= 0.6 is 9.90 Å². The molecule has 0 aliphatic carbocycles. The molecule has 0 heterocycles. The van der Waals surface area contributed by atoms with Crippen molar-refractivity contribution in [3.63, 3.8) is 0 Å². The fourth-order valence-electron chi connectivity index (χ4n) is 0. The van der Waals surface area contributed by atoms with Gasteiger partial charge in [-0.2, -0.15) is 0 Å². The summed E-state index contributed by atoms with van der Waals surface area (Å²) in [6.07, 6.45) is 0. The Labute approximate surface area is 41.5 Å². The fraction of sp³-hybridized carbons (Fsp3) is 0. The van der Waals surface area contributed by atoms with Crippen LogP contribution in [0.25, 0.3) is 0 Å². The zero-order valence-electron chi connectivity index (χ0n) is 2.57. The summed E-state index contributed by atoms with van der Waals surface area (Å²) in [6.45, 7) is 0. The molecule has 6 heteroatoms. The molecule has 0 aliphatic rings. The molecular formula is H2O4PW. The van der Waals surface area contributed by atoms with E-state index in [0.717, 1.165) is 0 Å². The van der Waals surface area contributed by atoms with Crippen LogP contribution in [-0.4, -0.2) is 7.52 Å². The molecule has 37 valence electrons. The van der Waals surface area contributed by atoms with E-state index in [-0.39, 0.29) is 9.90 Å². The first-order valence-electron chi connectivity index (χ1n) is 0.698. The molecule has 0 saturated carbocycles. The molecule has 0 aromatic rings. The van der Waals surface area contributed by atoms with Gasteiger partial charge in [0.15, 0.2) is 0 Å². The van der Waals surface area contributed by atoms with Crippen LogP contribution in [0.5, 0.6) is 0 Å². The van der Waals surface area contributed by atoms with Gasteiger partial charge in [-0.15, -0.1) is 0 Å². The minimum atomic E-state index is -5.67. The molecule has 0 atom stereocenters. The van der Waals surface area contributed by atoms with Crippen molar-refractivity contribution in [1.29, 1.82) is 0 Å². The van der Waals surface area contributed by atoms with Crippen LogP contribution in [-0.2, 0) is 23.5 Å². The van der Waals surface area contributed by atoms with Crippen molar-refractivity contribution in [2.75, 3.05) is 0 Å². The Bertz CT molecular complexity index is 90.7. The minimum Gasteiger partial charge on any atom is 0 e. The summed E-state index contributed by atoms with van der Waals surface area (Å²) in [7, 11) is 0. The second-order valence-corrected chi connectivity index (χ2v) is 3.67. The summed E-state index contributed by atoms with van der Waals surface area (Å²) >= 11 is -5.67. The molecule has 2 N–H and O–H groups in total. The van der Waals surface area contributed by atoms with Gasteiger partial charge in [-0.05, 0) is 0 Å². The van der Waals surface area contributed by atoms with Crippen molar-refractivity contribution >= 4 is 9.90 Å². The van der Waals surface area contributed by atoms with Crippen LogP contribution < -0.4 is 0 Å². The van der Waals surface area contributed by atoms with Gasteiger partial charge in [0.2, 0.25) is 0 Å². The van der Waals surface area contributed by atoms with Gasteiger partial charge in [-0.1, -0.05) is 0 Å². The predicted octanol–water partition coefficient (Wildman–Crippen LogP) is -0.493. The van der Waals surface area contributed by atoms with E-state index in [1.54, 1.807) is 0 Å². The van der Waals surface area contributed by atoms with Crippen LogP contribution in [0.4, 0.5) is 0 Å². The van der Waals surface area contributed by atoms with Gasteiger partial charge < -0.3 is 0 Å². The van der Waals surface area contributed by atoms with E-state index >= 15 is 0 Å². The number of hydrogen-bond donors (Lipinski definition) is 2. The van der Waals surface area contributed by atoms with Crippen molar-refractivity contribution in [3.8, 4) is 0 Å². The molecule has 3 radical (unpaired) electrons. The maximum Gasteiger partial charge on any atom is 0 e. The predicted molar refractivity (Wildman–Crippen MR) is 12.7 cm³/mol. The third-order valence-corrected chi connectivity index (χ3v) is 0. The van der Waals surface area contributed by atoms with Crippen LogP contribution in [0, 0.1) is 0 Å². The third kappa shape index (κ3) is 151. The van der Waals surface area contributed by atoms with Crippen LogP contribution in [0.1, 0.15) is 0 Å². The zero-order valence-corrected chi connectivity index (χ0v) is 6.39. The minimum absolute atomic E-state index is 0. The van der Waals surface area contributed by atoms with Crippen LogP contribution in [0.2, 0.25) is 0 Å². The van der Waals surface area contributed by atoms with Crippen molar-refractivity contribution in [1.82, 2.24) is 0 Å². The van der Waals surface area contributed by atoms with Gasteiger partial charge in [0.05, 0.1) is 0 Å². The van der Waals surface area contributed by atoms with Crippen LogP contribution in [0.3, 0.4) is 0 Å². The Kier molecular flexibility index (Phi) is 4.50. The van der Waals surface area contributed by atoms with E-state index in [4.69, 9.17) is 14.3 Å². The largest absolute Gasteiger partial charge is 0 e. The zero-order chi connectivity index (χ0) is 4.50. The van der Waals surface area contributed by atoms with E-state index < -0.39 is 16.7 Å². The van der Waals surface area contributed by atoms with Gasteiger partial charge in [0.25, 0.3) is 0 Å². The van der Waals surface area contributed by atoms with E-state index in [9.17, 15) is 0 Å². The smallest absolute Gasteiger partial charge is 0 e. The van der Waals surface area contributed by atoms with E-state index in [1.807, 2.05) is 0 Å². The normalized spacial score (nSPS) is 9.67. The fourth-order valence-corrected chi connectivity index (χ4v) is 0. The van der Waals surface area contributed by atoms with Crippen molar-refractivity contribution in [2.24, 2.45) is 0 Å². The van der Waals surface area contributed by atoms with Crippen LogP contribution in [0.15, 0.2) is 0 Å². The van der Waals surface area contributed by atoms with Crippen molar-refractivity contribution < 1.29 is 31.1 Å². The van der Waals surface area contributed by atoms with Gasteiger partial charge in [-0.3, -0.25) is 0 Å². The van der Waals surface area contributed by atoms with Crippen molar-refractivity contribution in [2.45, 2.75) is 0 Å². The quantitative estimate of drug-likeness (QED) is 0.587. The SMILES string of the molecule is [O]=[W](=[O])([OH])[OH].[P]. The average Bonchev–Trinajstić information content (AvgIpc) is 0.722.